The van der Waals surface area contributed by atoms with Gasteiger partial charge in [0.15, 0.2) is 0 Å². The fraction of sp³-hybridized carbons (Fsp3) is 0.917. The Morgan fingerprint density at radius 1 is 1.33 bits per heavy atom. The van der Waals surface area contributed by atoms with Gasteiger partial charge >= 0.3 is 0 Å². The zero-order valence-corrected chi connectivity index (χ0v) is 10.0. The zero-order chi connectivity index (χ0) is 11.1. The van der Waals surface area contributed by atoms with Gasteiger partial charge in [0.2, 0.25) is 5.91 Å². The molecule has 3 heteroatoms. The van der Waals surface area contributed by atoms with E-state index in [0.717, 1.165) is 19.3 Å². The quantitative estimate of drug-likeness (QED) is 0.690. The van der Waals surface area contributed by atoms with E-state index in [1.165, 1.54) is 12.8 Å². The average Bonchev–Trinajstić information content (AvgIpc) is 2.41. The third kappa shape index (κ3) is 2.17. The van der Waals surface area contributed by atoms with Gasteiger partial charge in [0.25, 0.3) is 0 Å². The van der Waals surface area contributed by atoms with E-state index in [4.69, 9.17) is 0 Å². The van der Waals surface area contributed by atoms with Crippen molar-refractivity contribution >= 4 is 5.91 Å². The van der Waals surface area contributed by atoms with Gasteiger partial charge in [-0.15, -0.1) is 0 Å². The highest BCUT2D eigenvalue weighted by atomic mass is 16.2. The second-order valence-corrected chi connectivity index (χ2v) is 6.06. The normalized spacial score (nSPS) is 35.3. The van der Waals surface area contributed by atoms with E-state index in [9.17, 15) is 4.79 Å². The van der Waals surface area contributed by atoms with Crippen LogP contribution in [0.3, 0.4) is 0 Å². The summed E-state index contributed by atoms with van der Waals surface area (Å²) in [7, 11) is 0. The van der Waals surface area contributed by atoms with E-state index >= 15 is 0 Å². The molecule has 2 saturated heterocycles. The topological polar surface area (TPSA) is 41.1 Å². The van der Waals surface area contributed by atoms with Crippen molar-refractivity contribution in [2.45, 2.75) is 70.0 Å². The third-order valence-electron chi connectivity index (χ3n) is 3.48. The summed E-state index contributed by atoms with van der Waals surface area (Å²) in [4.78, 5) is 12.2. The third-order valence-corrected chi connectivity index (χ3v) is 3.48. The van der Waals surface area contributed by atoms with E-state index in [2.05, 4.69) is 10.6 Å². The number of piperidine rings is 1. The first-order valence-electron chi connectivity index (χ1n) is 6.02. The summed E-state index contributed by atoms with van der Waals surface area (Å²) >= 11 is 0. The first-order valence-corrected chi connectivity index (χ1v) is 6.02. The fourth-order valence-electron chi connectivity index (χ4n) is 2.77. The van der Waals surface area contributed by atoms with Crippen LogP contribution in [0.2, 0.25) is 0 Å². The first kappa shape index (κ1) is 10.9. The molecule has 3 nitrogen and oxygen atoms in total. The van der Waals surface area contributed by atoms with Crippen LogP contribution in [0.25, 0.3) is 0 Å². The van der Waals surface area contributed by atoms with Crippen molar-refractivity contribution in [2.24, 2.45) is 0 Å². The molecule has 2 N–H and O–H groups in total. The predicted molar refractivity (Wildman–Crippen MR) is 60.6 cm³/mol. The van der Waals surface area contributed by atoms with Crippen LogP contribution in [0.1, 0.15) is 52.9 Å². The average molecular weight is 210 g/mol. The molecule has 0 aromatic rings. The van der Waals surface area contributed by atoms with Gasteiger partial charge in [0, 0.05) is 11.6 Å². The lowest BCUT2D eigenvalue weighted by Crippen LogP contribution is -2.60. The van der Waals surface area contributed by atoms with Crippen LogP contribution in [0.15, 0.2) is 0 Å². The molecule has 1 amide bonds. The number of hydrogen-bond acceptors (Lipinski definition) is 2. The molecule has 2 bridgehead atoms. The number of hydrogen-bond donors (Lipinski definition) is 2. The molecule has 0 aliphatic carbocycles. The molecule has 15 heavy (non-hydrogen) atoms. The monoisotopic (exact) mass is 210 g/mol. The second-order valence-electron chi connectivity index (χ2n) is 6.06. The lowest BCUT2D eigenvalue weighted by molar-refractivity contribution is -0.129. The molecule has 0 radical (unpaired) electrons. The number of fused-ring (bicyclic) bond motifs is 2. The van der Waals surface area contributed by atoms with Crippen LogP contribution < -0.4 is 10.6 Å². The molecule has 86 valence electrons. The molecule has 0 saturated carbocycles. The SMILES string of the molecule is CC(C)(C)NC(=O)C12CCCC(CC1)N2. The van der Waals surface area contributed by atoms with Crippen LogP contribution >= 0.6 is 0 Å². The van der Waals surface area contributed by atoms with Crippen LogP contribution in [-0.2, 0) is 4.79 Å². The van der Waals surface area contributed by atoms with Crippen molar-refractivity contribution in [3.8, 4) is 0 Å². The molecule has 0 aromatic carbocycles. The van der Waals surface area contributed by atoms with Crippen LogP contribution in [0.5, 0.6) is 0 Å². The molecule has 0 spiro atoms. The van der Waals surface area contributed by atoms with Crippen LogP contribution in [0.4, 0.5) is 0 Å². The smallest absolute Gasteiger partial charge is 0.240 e. The van der Waals surface area contributed by atoms with E-state index < -0.39 is 0 Å². The summed E-state index contributed by atoms with van der Waals surface area (Å²) in [6, 6.07) is 0.587. The Kier molecular flexibility index (Phi) is 2.53. The fourth-order valence-corrected chi connectivity index (χ4v) is 2.77. The minimum Gasteiger partial charge on any atom is -0.350 e. The van der Waals surface area contributed by atoms with Crippen molar-refractivity contribution < 1.29 is 4.79 Å². The van der Waals surface area contributed by atoms with Crippen molar-refractivity contribution in [1.82, 2.24) is 10.6 Å². The Balaban J connectivity index is 2.06. The van der Waals surface area contributed by atoms with Gasteiger partial charge in [-0.3, -0.25) is 4.79 Å². The minimum absolute atomic E-state index is 0.122. The summed E-state index contributed by atoms with van der Waals surface area (Å²) in [5.74, 6) is 0.206. The van der Waals surface area contributed by atoms with Crippen molar-refractivity contribution in [3.63, 3.8) is 0 Å². The zero-order valence-electron chi connectivity index (χ0n) is 10.0. The molecule has 2 aliphatic heterocycles. The highest BCUT2D eigenvalue weighted by Crippen LogP contribution is 2.35. The van der Waals surface area contributed by atoms with Gasteiger partial charge in [0.05, 0.1) is 5.54 Å². The van der Waals surface area contributed by atoms with E-state index in [0.29, 0.717) is 6.04 Å². The molecular weight excluding hydrogens is 188 g/mol. The molecule has 2 rings (SSSR count). The Morgan fingerprint density at radius 2 is 2.07 bits per heavy atom. The van der Waals surface area contributed by atoms with Gasteiger partial charge in [-0.1, -0.05) is 0 Å². The molecule has 2 unspecified atom stereocenters. The number of carbonyl (C=O) groups is 1. The number of carbonyl (C=O) groups excluding carboxylic acids is 1. The summed E-state index contributed by atoms with van der Waals surface area (Å²) in [6.45, 7) is 6.12. The predicted octanol–water partition coefficient (Wildman–Crippen LogP) is 1.58. The first-order chi connectivity index (χ1) is 6.91. The Morgan fingerprint density at radius 3 is 2.73 bits per heavy atom. The van der Waals surface area contributed by atoms with Gasteiger partial charge in [-0.25, -0.2) is 0 Å². The summed E-state index contributed by atoms with van der Waals surface area (Å²) in [6.07, 6.45) is 5.61. The van der Waals surface area contributed by atoms with E-state index in [-0.39, 0.29) is 17.0 Å². The maximum Gasteiger partial charge on any atom is 0.240 e. The van der Waals surface area contributed by atoms with E-state index in [1.807, 2.05) is 20.8 Å². The summed E-state index contributed by atoms with van der Waals surface area (Å²) in [5, 5.41) is 6.62. The maximum absolute atomic E-state index is 12.2. The van der Waals surface area contributed by atoms with Gasteiger partial charge < -0.3 is 10.6 Å². The molecule has 2 atom stereocenters. The highest BCUT2D eigenvalue weighted by Gasteiger charge is 2.47. The molecule has 0 aromatic heterocycles. The number of rotatable bonds is 1. The van der Waals surface area contributed by atoms with Gasteiger partial charge in [-0.2, -0.15) is 0 Å². The van der Waals surface area contributed by atoms with Crippen molar-refractivity contribution in [2.75, 3.05) is 0 Å². The Labute approximate surface area is 92.0 Å². The van der Waals surface area contributed by atoms with Crippen LogP contribution in [0, 0.1) is 0 Å². The maximum atomic E-state index is 12.2. The number of amides is 1. The molecule has 2 fully saturated rings. The highest BCUT2D eigenvalue weighted by molar-refractivity contribution is 5.87. The van der Waals surface area contributed by atoms with Crippen molar-refractivity contribution in [1.29, 1.82) is 0 Å². The van der Waals surface area contributed by atoms with Crippen molar-refractivity contribution in [3.05, 3.63) is 0 Å². The number of nitrogens with one attached hydrogen (secondary N) is 2. The Hall–Kier alpha value is -0.570. The van der Waals surface area contributed by atoms with Gasteiger partial charge in [-0.05, 0) is 52.9 Å². The molecule has 2 heterocycles. The minimum atomic E-state index is -0.240. The van der Waals surface area contributed by atoms with Gasteiger partial charge in [0.1, 0.15) is 0 Å². The second kappa shape index (κ2) is 3.48. The Bertz CT molecular complexity index is 265. The lowest BCUT2D eigenvalue weighted by atomic mass is 9.88. The summed E-state index contributed by atoms with van der Waals surface area (Å²) in [5.41, 5.74) is -0.362. The molecular formula is C12H22N2O. The van der Waals surface area contributed by atoms with E-state index in [1.54, 1.807) is 0 Å². The largest absolute Gasteiger partial charge is 0.350 e. The molecule has 2 aliphatic rings. The standard InChI is InChI=1S/C12H22N2O/c1-11(2,3)14-10(15)12-7-4-5-9(13-12)6-8-12/h9,13H,4-8H2,1-3H3,(H,14,15). The lowest BCUT2D eigenvalue weighted by Gasteiger charge is -2.35. The summed E-state index contributed by atoms with van der Waals surface area (Å²) < 4.78 is 0. The van der Waals surface area contributed by atoms with Crippen LogP contribution in [-0.4, -0.2) is 23.0 Å².